The van der Waals surface area contributed by atoms with Crippen LogP contribution in [-0.2, 0) is 0 Å². The third kappa shape index (κ3) is 3.18. The molecule has 0 radical (unpaired) electrons. The van der Waals surface area contributed by atoms with Crippen molar-refractivity contribution in [3.63, 3.8) is 0 Å². The van der Waals surface area contributed by atoms with Crippen LogP contribution in [0.4, 0.5) is 0 Å². The van der Waals surface area contributed by atoms with E-state index in [2.05, 4.69) is 46.1 Å². The molecule has 1 saturated heterocycles. The van der Waals surface area contributed by atoms with Crippen LogP contribution in [-0.4, -0.2) is 31.6 Å². The number of hydrogen-bond acceptors (Lipinski definition) is 3. The smallest absolute Gasteiger partial charge is 0.124 e. The van der Waals surface area contributed by atoms with Crippen LogP contribution in [0, 0.1) is 11.8 Å². The van der Waals surface area contributed by atoms with Crippen LogP contribution >= 0.6 is 15.9 Å². The number of halogens is 1. The Kier molecular flexibility index (Phi) is 4.34. The van der Waals surface area contributed by atoms with Gasteiger partial charge in [0.1, 0.15) is 5.75 Å². The molecule has 3 rings (SSSR count). The van der Waals surface area contributed by atoms with Crippen LogP contribution in [0.5, 0.6) is 5.75 Å². The number of ether oxygens (including phenoxy) is 1. The molecule has 0 aromatic heterocycles. The van der Waals surface area contributed by atoms with Gasteiger partial charge in [-0.25, -0.2) is 0 Å². The second-order valence-electron chi connectivity index (χ2n) is 6.23. The van der Waals surface area contributed by atoms with Crippen molar-refractivity contribution >= 4 is 15.9 Å². The Morgan fingerprint density at radius 1 is 1.35 bits per heavy atom. The van der Waals surface area contributed by atoms with Crippen LogP contribution in [0.25, 0.3) is 0 Å². The molecule has 3 nitrogen and oxygen atoms in total. The lowest BCUT2D eigenvalue weighted by molar-refractivity contribution is 0.273. The Balaban J connectivity index is 1.80. The average Bonchev–Trinajstić information content (AvgIpc) is 3.19. The van der Waals surface area contributed by atoms with Crippen molar-refractivity contribution < 1.29 is 4.74 Å². The largest absolute Gasteiger partial charge is 0.493 e. The Labute approximate surface area is 129 Å². The van der Waals surface area contributed by atoms with Gasteiger partial charge in [-0.2, -0.15) is 0 Å². The average molecular weight is 339 g/mol. The van der Waals surface area contributed by atoms with Gasteiger partial charge < -0.3 is 10.5 Å². The van der Waals surface area contributed by atoms with Gasteiger partial charge in [0.15, 0.2) is 0 Å². The summed E-state index contributed by atoms with van der Waals surface area (Å²) >= 11 is 3.59. The number of benzene rings is 1. The molecule has 2 aliphatic rings. The molecule has 0 spiro atoms. The summed E-state index contributed by atoms with van der Waals surface area (Å²) in [6, 6.07) is 6.81. The summed E-state index contributed by atoms with van der Waals surface area (Å²) in [5.74, 6) is 2.43. The molecular weight excluding hydrogens is 316 g/mol. The van der Waals surface area contributed by atoms with E-state index in [4.69, 9.17) is 10.5 Å². The van der Waals surface area contributed by atoms with Gasteiger partial charge in [-0.1, -0.05) is 15.9 Å². The first-order valence-corrected chi connectivity index (χ1v) is 8.29. The number of nitrogens with zero attached hydrogens (tertiary/aromatic N) is 1. The lowest BCUT2D eigenvalue weighted by atomic mass is 9.99. The van der Waals surface area contributed by atoms with Crippen LogP contribution < -0.4 is 10.5 Å². The van der Waals surface area contributed by atoms with E-state index in [1.165, 1.54) is 18.4 Å². The highest BCUT2D eigenvalue weighted by Gasteiger charge is 2.32. The van der Waals surface area contributed by atoms with E-state index in [1.807, 2.05) is 0 Å². The van der Waals surface area contributed by atoms with Crippen molar-refractivity contribution in [1.82, 2.24) is 4.90 Å². The SMILES string of the molecule is CN1CC(CN)CC1c1cc(Br)ccc1OCC1CC1. The highest BCUT2D eigenvalue weighted by Crippen LogP contribution is 2.40. The summed E-state index contributed by atoms with van der Waals surface area (Å²) in [5, 5.41) is 0. The minimum Gasteiger partial charge on any atom is -0.493 e. The van der Waals surface area contributed by atoms with E-state index in [0.29, 0.717) is 12.0 Å². The minimum absolute atomic E-state index is 0.426. The maximum atomic E-state index is 6.07. The molecule has 0 bridgehead atoms. The lowest BCUT2D eigenvalue weighted by Crippen LogP contribution is -2.21. The molecule has 110 valence electrons. The fraction of sp³-hybridized carbons (Fsp3) is 0.625. The summed E-state index contributed by atoms with van der Waals surface area (Å²) in [4.78, 5) is 2.41. The van der Waals surface area contributed by atoms with Crippen molar-refractivity contribution in [2.24, 2.45) is 17.6 Å². The van der Waals surface area contributed by atoms with E-state index >= 15 is 0 Å². The van der Waals surface area contributed by atoms with Crippen molar-refractivity contribution in [3.8, 4) is 5.75 Å². The van der Waals surface area contributed by atoms with Crippen LogP contribution in [0.3, 0.4) is 0 Å². The molecule has 0 amide bonds. The molecule has 1 saturated carbocycles. The monoisotopic (exact) mass is 338 g/mol. The number of hydrogen-bond donors (Lipinski definition) is 1. The third-order valence-electron chi connectivity index (χ3n) is 4.47. The normalized spacial score (nSPS) is 26.9. The van der Waals surface area contributed by atoms with E-state index in [1.54, 1.807) is 0 Å². The van der Waals surface area contributed by atoms with Gasteiger partial charge in [-0.3, -0.25) is 4.90 Å². The first-order chi connectivity index (χ1) is 9.67. The minimum atomic E-state index is 0.426. The van der Waals surface area contributed by atoms with Crippen LogP contribution in [0.1, 0.15) is 30.9 Å². The van der Waals surface area contributed by atoms with Crippen molar-refractivity contribution in [3.05, 3.63) is 28.2 Å². The standard InChI is InChI=1S/C16H23BrN2O/c1-19-9-12(8-18)6-15(19)14-7-13(17)4-5-16(14)20-10-11-2-3-11/h4-5,7,11-12,15H,2-3,6,8-10,18H2,1H3. The second kappa shape index (κ2) is 6.04. The Morgan fingerprint density at radius 2 is 2.15 bits per heavy atom. The van der Waals surface area contributed by atoms with Gasteiger partial charge >= 0.3 is 0 Å². The zero-order valence-corrected chi connectivity index (χ0v) is 13.6. The number of nitrogens with two attached hydrogens (primary N) is 1. The molecule has 4 heteroatoms. The molecule has 1 aliphatic carbocycles. The number of likely N-dealkylation sites (tertiary alicyclic amines) is 1. The summed E-state index contributed by atoms with van der Waals surface area (Å²) in [5.41, 5.74) is 7.15. The summed E-state index contributed by atoms with van der Waals surface area (Å²) in [6.07, 6.45) is 3.78. The van der Waals surface area contributed by atoms with E-state index in [0.717, 1.165) is 42.3 Å². The predicted molar refractivity (Wildman–Crippen MR) is 84.9 cm³/mol. The summed E-state index contributed by atoms with van der Waals surface area (Å²) < 4.78 is 7.19. The molecule has 1 aromatic rings. The molecule has 1 heterocycles. The van der Waals surface area contributed by atoms with Gasteiger partial charge in [0.2, 0.25) is 0 Å². The molecule has 1 aromatic carbocycles. The summed E-state index contributed by atoms with van der Waals surface area (Å²) in [7, 11) is 2.19. The van der Waals surface area contributed by atoms with Crippen LogP contribution in [0.15, 0.2) is 22.7 Å². The zero-order valence-electron chi connectivity index (χ0n) is 12.0. The first kappa shape index (κ1) is 14.4. The molecule has 2 fully saturated rings. The fourth-order valence-corrected chi connectivity index (χ4v) is 3.42. The number of rotatable bonds is 5. The molecule has 1 aliphatic heterocycles. The third-order valence-corrected chi connectivity index (χ3v) is 4.96. The van der Waals surface area contributed by atoms with Crippen molar-refractivity contribution in [1.29, 1.82) is 0 Å². The first-order valence-electron chi connectivity index (χ1n) is 7.50. The molecule has 2 N–H and O–H groups in total. The Hall–Kier alpha value is -0.580. The summed E-state index contributed by atoms with van der Waals surface area (Å²) in [6.45, 7) is 2.72. The fourth-order valence-electron chi connectivity index (χ4n) is 3.04. The highest BCUT2D eigenvalue weighted by molar-refractivity contribution is 9.10. The zero-order chi connectivity index (χ0) is 14.1. The molecule has 20 heavy (non-hydrogen) atoms. The van der Waals surface area contributed by atoms with Crippen molar-refractivity contribution in [2.45, 2.75) is 25.3 Å². The van der Waals surface area contributed by atoms with Gasteiger partial charge in [-0.05, 0) is 62.9 Å². The topological polar surface area (TPSA) is 38.5 Å². The Bertz CT molecular complexity index is 476. The van der Waals surface area contributed by atoms with Gasteiger partial charge in [-0.15, -0.1) is 0 Å². The van der Waals surface area contributed by atoms with Crippen molar-refractivity contribution in [2.75, 3.05) is 26.7 Å². The van der Waals surface area contributed by atoms with Crippen LogP contribution in [0.2, 0.25) is 0 Å². The van der Waals surface area contributed by atoms with E-state index in [-0.39, 0.29) is 0 Å². The van der Waals surface area contributed by atoms with Gasteiger partial charge in [0.25, 0.3) is 0 Å². The Morgan fingerprint density at radius 3 is 2.80 bits per heavy atom. The maximum Gasteiger partial charge on any atom is 0.124 e. The van der Waals surface area contributed by atoms with E-state index < -0.39 is 0 Å². The maximum absolute atomic E-state index is 6.07. The highest BCUT2D eigenvalue weighted by atomic mass is 79.9. The second-order valence-corrected chi connectivity index (χ2v) is 7.15. The van der Waals surface area contributed by atoms with Gasteiger partial charge in [0.05, 0.1) is 6.61 Å². The van der Waals surface area contributed by atoms with Gasteiger partial charge in [0, 0.05) is 22.6 Å². The lowest BCUT2D eigenvalue weighted by Gasteiger charge is -2.23. The molecule has 2 atom stereocenters. The quantitative estimate of drug-likeness (QED) is 0.895. The molecule has 2 unspecified atom stereocenters. The predicted octanol–water partition coefficient (Wildman–Crippen LogP) is 3.19. The van der Waals surface area contributed by atoms with E-state index in [9.17, 15) is 0 Å². The molecular formula is C16H23BrN2O.